The maximum atomic E-state index is 12.3. The number of carbonyl (C=O) groups excluding carboxylic acids is 1. The summed E-state index contributed by atoms with van der Waals surface area (Å²) in [5, 5.41) is 0. The van der Waals surface area contributed by atoms with E-state index in [0.717, 1.165) is 5.56 Å². The van der Waals surface area contributed by atoms with E-state index < -0.39 is 15.6 Å². The summed E-state index contributed by atoms with van der Waals surface area (Å²) in [5.41, 5.74) is 0.874. The highest BCUT2D eigenvalue weighted by molar-refractivity contribution is 7.89. The lowest BCUT2D eigenvalue weighted by Crippen LogP contribution is -2.46. The molecule has 0 aliphatic carbocycles. The van der Waals surface area contributed by atoms with Crippen LogP contribution in [-0.2, 0) is 20.4 Å². The predicted molar refractivity (Wildman–Crippen MR) is 83.0 cm³/mol. The number of carbonyl (C=O) groups is 1. The number of sulfonamides is 1. The van der Waals surface area contributed by atoms with Crippen LogP contribution in [0.2, 0.25) is 0 Å². The van der Waals surface area contributed by atoms with E-state index in [-0.39, 0.29) is 17.6 Å². The number of hydrogen-bond donors (Lipinski definition) is 0. The molecule has 0 aromatic heterocycles. The van der Waals surface area contributed by atoms with Crippen LogP contribution in [0.15, 0.2) is 24.3 Å². The quantitative estimate of drug-likeness (QED) is 0.800. The van der Waals surface area contributed by atoms with Crippen LogP contribution < -0.4 is 0 Å². The van der Waals surface area contributed by atoms with Gasteiger partial charge in [-0.3, -0.25) is 0 Å². The van der Waals surface area contributed by atoms with Crippen LogP contribution in [0, 0.1) is 5.92 Å². The third-order valence-corrected chi connectivity index (χ3v) is 6.63. The van der Waals surface area contributed by atoms with Gasteiger partial charge in [0.1, 0.15) is 5.60 Å². The number of ether oxygens (including phenoxy) is 1. The van der Waals surface area contributed by atoms with Crippen LogP contribution in [0.3, 0.4) is 0 Å². The summed E-state index contributed by atoms with van der Waals surface area (Å²) in [6, 6.07) is 7.40. The van der Waals surface area contributed by atoms with Crippen molar-refractivity contribution in [2.75, 3.05) is 18.8 Å². The molecular weight excluding hydrogens is 302 g/mol. The highest BCUT2D eigenvalue weighted by Crippen LogP contribution is 2.44. The van der Waals surface area contributed by atoms with Gasteiger partial charge in [-0.15, -0.1) is 0 Å². The minimum atomic E-state index is -3.23. The first-order chi connectivity index (χ1) is 10.3. The predicted octanol–water partition coefficient (Wildman–Crippen LogP) is 2.13. The van der Waals surface area contributed by atoms with Gasteiger partial charge in [-0.2, -0.15) is 0 Å². The molecule has 2 aliphatic rings. The van der Waals surface area contributed by atoms with Crippen LogP contribution in [-0.4, -0.2) is 37.5 Å². The van der Waals surface area contributed by atoms with Crippen molar-refractivity contribution in [3.05, 3.63) is 35.4 Å². The Morgan fingerprint density at radius 3 is 2.50 bits per heavy atom. The first-order valence-corrected chi connectivity index (χ1v) is 9.26. The van der Waals surface area contributed by atoms with Crippen LogP contribution in [0.4, 0.5) is 0 Å². The maximum absolute atomic E-state index is 12.3. The lowest BCUT2D eigenvalue weighted by atomic mass is 9.84. The van der Waals surface area contributed by atoms with Gasteiger partial charge in [0, 0.05) is 31.5 Å². The molecule has 22 heavy (non-hydrogen) atoms. The van der Waals surface area contributed by atoms with Crippen LogP contribution in [0.25, 0.3) is 0 Å². The normalized spacial score (nSPS) is 21.1. The standard InChI is InChI=1S/C16H21NO4S/c1-12(2)11-22(19,20)17-9-7-16(8-10-17)14-6-4-3-5-13(14)15(18)21-16/h3-6,12H,7-11H2,1-2H3. The van der Waals surface area contributed by atoms with Gasteiger partial charge < -0.3 is 4.74 Å². The lowest BCUT2D eigenvalue weighted by Gasteiger charge is -2.38. The summed E-state index contributed by atoms with van der Waals surface area (Å²) in [6.45, 7) is 4.60. The molecule has 6 heteroatoms. The topological polar surface area (TPSA) is 63.7 Å². The Hall–Kier alpha value is -1.40. The Balaban J connectivity index is 1.80. The molecular formula is C16H21NO4S. The van der Waals surface area contributed by atoms with Crippen molar-refractivity contribution >= 4 is 16.0 Å². The Bertz CT molecular complexity index is 688. The van der Waals surface area contributed by atoms with Crippen LogP contribution >= 0.6 is 0 Å². The summed E-state index contributed by atoms with van der Waals surface area (Å²) in [6.07, 6.45) is 1.04. The zero-order valence-corrected chi connectivity index (χ0v) is 13.7. The second-order valence-electron chi connectivity index (χ2n) is 6.50. The molecule has 0 saturated carbocycles. The Morgan fingerprint density at radius 1 is 1.23 bits per heavy atom. The van der Waals surface area contributed by atoms with Crippen molar-refractivity contribution in [1.29, 1.82) is 0 Å². The molecule has 2 aliphatic heterocycles. The van der Waals surface area contributed by atoms with E-state index in [1.165, 1.54) is 4.31 Å². The van der Waals surface area contributed by atoms with Crippen molar-refractivity contribution in [3.63, 3.8) is 0 Å². The minimum absolute atomic E-state index is 0.103. The van der Waals surface area contributed by atoms with Crippen molar-refractivity contribution in [2.24, 2.45) is 5.92 Å². The van der Waals surface area contributed by atoms with Gasteiger partial charge >= 0.3 is 5.97 Å². The van der Waals surface area contributed by atoms with E-state index in [0.29, 0.717) is 31.5 Å². The molecule has 2 heterocycles. The maximum Gasteiger partial charge on any atom is 0.339 e. The van der Waals surface area contributed by atoms with E-state index in [4.69, 9.17) is 4.74 Å². The zero-order valence-electron chi connectivity index (χ0n) is 12.9. The number of rotatable bonds is 3. The monoisotopic (exact) mass is 323 g/mol. The highest BCUT2D eigenvalue weighted by atomic mass is 32.2. The van der Waals surface area contributed by atoms with Gasteiger partial charge in [-0.1, -0.05) is 32.0 Å². The van der Waals surface area contributed by atoms with Gasteiger partial charge in [0.05, 0.1) is 11.3 Å². The van der Waals surface area contributed by atoms with Gasteiger partial charge in [0.2, 0.25) is 10.0 Å². The highest BCUT2D eigenvalue weighted by Gasteiger charge is 2.48. The Labute approximate surface area is 131 Å². The molecule has 0 bridgehead atoms. The molecule has 0 radical (unpaired) electrons. The van der Waals surface area contributed by atoms with Crippen LogP contribution in [0.5, 0.6) is 0 Å². The summed E-state index contributed by atoms with van der Waals surface area (Å²) < 4.78 is 31.8. The van der Waals surface area contributed by atoms with Gasteiger partial charge in [-0.25, -0.2) is 17.5 Å². The lowest BCUT2D eigenvalue weighted by molar-refractivity contribution is -0.0329. The van der Waals surface area contributed by atoms with Crippen molar-refractivity contribution < 1.29 is 17.9 Å². The largest absolute Gasteiger partial charge is 0.450 e. The molecule has 0 N–H and O–H groups in total. The zero-order chi connectivity index (χ0) is 16.0. The molecule has 0 amide bonds. The number of piperidine rings is 1. The Kier molecular flexibility index (Phi) is 3.77. The number of benzene rings is 1. The summed E-state index contributed by atoms with van der Waals surface area (Å²) >= 11 is 0. The minimum Gasteiger partial charge on any atom is -0.450 e. The van der Waals surface area contributed by atoms with Crippen LogP contribution in [0.1, 0.15) is 42.6 Å². The molecule has 120 valence electrons. The molecule has 1 spiro atoms. The number of hydrogen-bond acceptors (Lipinski definition) is 4. The molecule has 1 fully saturated rings. The van der Waals surface area contributed by atoms with E-state index in [9.17, 15) is 13.2 Å². The average molecular weight is 323 g/mol. The first-order valence-electron chi connectivity index (χ1n) is 7.65. The number of nitrogens with zero attached hydrogens (tertiary/aromatic N) is 1. The first kappa shape index (κ1) is 15.5. The van der Waals surface area contributed by atoms with E-state index >= 15 is 0 Å². The van der Waals surface area contributed by atoms with Gasteiger partial charge in [0.25, 0.3) is 0 Å². The van der Waals surface area contributed by atoms with E-state index in [1.807, 2.05) is 32.0 Å². The second kappa shape index (κ2) is 5.35. The third-order valence-electron chi connectivity index (χ3n) is 4.39. The van der Waals surface area contributed by atoms with E-state index in [2.05, 4.69) is 0 Å². The van der Waals surface area contributed by atoms with Crippen molar-refractivity contribution in [2.45, 2.75) is 32.3 Å². The summed E-state index contributed by atoms with van der Waals surface area (Å²) in [4.78, 5) is 12.0. The number of esters is 1. The molecule has 1 aromatic carbocycles. The van der Waals surface area contributed by atoms with Crippen molar-refractivity contribution in [1.82, 2.24) is 4.31 Å². The van der Waals surface area contributed by atoms with Gasteiger partial charge in [0.15, 0.2) is 0 Å². The Morgan fingerprint density at radius 2 is 1.86 bits per heavy atom. The fourth-order valence-corrected chi connectivity index (χ4v) is 5.16. The molecule has 0 atom stereocenters. The average Bonchev–Trinajstić information content (AvgIpc) is 2.72. The fraction of sp³-hybridized carbons (Fsp3) is 0.562. The molecule has 0 unspecified atom stereocenters. The summed E-state index contributed by atoms with van der Waals surface area (Å²) in [5.74, 6) is -0.0314. The van der Waals surface area contributed by atoms with Gasteiger partial charge in [-0.05, 0) is 12.0 Å². The second-order valence-corrected chi connectivity index (χ2v) is 8.51. The SMILES string of the molecule is CC(C)CS(=O)(=O)N1CCC2(CC1)OC(=O)c1ccccc12. The molecule has 3 rings (SSSR count). The fourth-order valence-electron chi connectivity index (χ4n) is 3.37. The third kappa shape index (κ3) is 2.54. The molecule has 5 nitrogen and oxygen atoms in total. The summed E-state index contributed by atoms with van der Waals surface area (Å²) in [7, 11) is -3.23. The smallest absolute Gasteiger partial charge is 0.339 e. The van der Waals surface area contributed by atoms with E-state index in [1.54, 1.807) is 6.07 Å². The van der Waals surface area contributed by atoms with Crippen molar-refractivity contribution in [3.8, 4) is 0 Å². The molecule has 1 aromatic rings. The molecule has 1 saturated heterocycles. The number of fused-ring (bicyclic) bond motifs is 2.